The lowest BCUT2D eigenvalue weighted by molar-refractivity contribution is 0.0934. The van der Waals surface area contributed by atoms with E-state index in [9.17, 15) is 9.90 Å². The summed E-state index contributed by atoms with van der Waals surface area (Å²) in [5.41, 5.74) is 1.83. The van der Waals surface area contributed by atoms with Gasteiger partial charge in [0.25, 0.3) is 5.91 Å². The molecule has 2 N–H and O–H groups in total. The maximum absolute atomic E-state index is 13.4. The number of hydrogen-bond acceptors (Lipinski definition) is 3. The molecule has 0 spiro atoms. The monoisotopic (exact) mass is 386 g/mol. The molecule has 144 valence electrons. The minimum Gasteiger partial charge on any atom is -0.505 e. The first-order chi connectivity index (χ1) is 15.0. The van der Waals surface area contributed by atoms with Gasteiger partial charge in [0, 0.05) is 10.9 Å². The van der Waals surface area contributed by atoms with Gasteiger partial charge in [-0.15, -0.1) is 0 Å². The van der Waals surface area contributed by atoms with Crippen molar-refractivity contribution in [1.82, 2.24) is 10.3 Å². The molecule has 4 nitrogen and oxygen atoms in total. The van der Waals surface area contributed by atoms with Crippen LogP contribution in [0.1, 0.15) is 38.0 Å². The minimum absolute atomic E-state index is 0.0622. The van der Waals surface area contributed by atoms with Gasteiger partial charge in [0.15, 0.2) is 5.75 Å². The van der Waals surface area contributed by atoms with Crippen molar-refractivity contribution in [3.05, 3.63) is 96.0 Å². The molecule has 1 amide bonds. The first kappa shape index (κ1) is 16.3. The molecule has 0 saturated heterocycles. The molecule has 1 heterocycles. The van der Waals surface area contributed by atoms with Gasteiger partial charge in [0.1, 0.15) is 5.69 Å². The second kappa shape index (κ2) is 8.15. The molecule has 0 radical (unpaired) electrons. The Morgan fingerprint density at radius 2 is 1.69 bits per heavy atom. The van der Waals surface area contributed by atoms with E-state index in [1.165, 1.54) is 12.1 Å². The summed E-state index contributed by atoms with van der Waals surface area (Å²) in [7, 11) is 0. The van der Waals surface area contributed by atoms with Crippen LogP contribution in [-0.2, 0) is 0 Å². The zero-order chi connectivity index (χ0) is 22.0. The lowest BCUT2D eigenvalue weighted by Crippen LogP contribution is -2.28. The van der Waals surface area contributed by atoms with Crippen LogP contribution in [0, 0.1) is 0 Å². The van der Waals surface area contributed by atoms with Crippen LogP contribution in [0.2, 0.25) is 0 Å². The predicted molar refractivity (Wildman–Crippen MR) is 116 cm³/mol. The molecule has 4 heteroatoms. The molecular formula is C25H22N2O2. The highest BCUT2D eigenvalue weighted by atomic mass is 16.3. The van der Waals surface area contributed by atoms with E-state index < -0.39 is 5.91 Å². The molecule has 1 aromatic heterocycles. The highest BCUT2D eigenvalue weighted by molar-refractivity contribution is 6.10. The third-order valence-corrected chi connectivity index (χ3v) is 4.89. The standard InChI is InChI=1S/C25H22N2O2/c1-2-20(17-11-5-3-6-12-17)27-25(29)22-19-15-9-10-16-21(19)26-23(24(22)28)18-13-7-4-8-14-18/h3-16,20,28H,2H2,1H3,(H,27,29)/i13T,14T. The third-order valence-electron chi connectivity index (χ3n) is 4.89. The summed E-state index contributed by atoms with van der Waals surface area (Å²) >= 11 is 0. The van der Waals surface area contributed by atoms with E-state index in [-0.39, 0.29) is 40.7 Å². The highest BCUT2D eigenvalue weighted by Crippen LogP contribution is 2.35. The Balaban J connectivity index is 1.87. The number of aromatic nitrogens is 1. The zero-order valence-corrected chi connectivity index (χ0v) is 16.0. The number of carbonyl (C=O) groups excluding carboxylic acids is 1. The number of carbonyl (C=O) groups is 1. The molecule has 0 saturated carbocycles. The lowest BCUT2D eigenvalue weighted by atomic mass is 10.00. The average Bonchev–Trinajstić information content (AvgIpc) is 2.78. The first-order valence-electron chi connectivity index (χ1n) is 10.5. The largest absolute Gasteiger partial charge is 0.505 e. The molecule has 4 aromatic rings. The van der Waals surface area contributed by atoms with Crippen LogP contribution in [0.5, 0.6) is 5.75 Å². The Kier molecular flexibility index (Phi) is 4.58. The molecular weight excluding hydrogens is 360 g/mol. The Morgan fingerprint density at radius 1 is 1.03 bits per heavy atom. The number of fused-ring (bicyclic) bond motifs is 1. The fourth-order valence-corrected chi connectivity index (χ4v) is 3.43. The molecule has 29 heavy (non-hydrogen) atoms. The van der Waals surface area contributed by atoms with Crippen LogP contribution in [0.15, 0.2) is 84.9 Å². The van der Waals surface area contributed by atoms with Gasteiger partial charge in [-0.1, -0.05) is 85.7 Å². The van der Waals surface area contributed by atoms with Gasteiger partial charge < -0.3 is 10.4 Å². The maximum Gasteiger partial charge on any atom is 0.256 e. The van der Waals surface area contributed by atoms with Gasteiger partial charge in [0.05, 0.1) is 19.9 Å². The van der Waals surface area contributed by atoms with Crippen LogP contribution in [-0.4, -0.2) is 16.0 Å². The SMILES string of the molecule is [3H]c1cccc([3H])c1-c1nc2ccccc2c(C(=O)NC(CC)c2ccccc2)c1O. The molecule has 0 aliphatic heterocycles. The maximum atomic E-state index is 13.4. The van der Waals surface area contributed by atoms with E-state index >= 15 is 0 Å². The van der Waals surface area contributed by atoms with Crippen LogP contribution in [0.3, 0.4) is 0 Å². The predicted octanol–water partition coefficient (Wildman–Crippen LogP) is 5.49. The van der Waals surface area contributed by atoms with Crippen molar-refractivity contribution >= 4 is 16.8 Å². The number of rotatable bonds is 5. The number of nitrogens with one attached hydrogen (secondary N) is 1. The summed E-state index contributed by atoms with van der Waals surface area (Å²) in [5.74, 6) is -0.755. The number of nitrogens with zero attached hydrogens (tertiary/aromatic N) is 1. The van der Waals surface area contributed by atoms with Crippen molar-refractivity contribution < 1.29 is 12.6 Å². The van der Waals surface area contributed by atoms with Crippen molar-refractivity contribution in [1.29, 1.82) is 0 Å². The number of amides is 1. The fraction of sp³-hybridized carbons (Fsp3) is 0.120. The summed E-state index contributed by atoms with van der Waals surface area (Å²) in [6, 6.07) is 21.3. The van der Waals surface area contributed by atoms with Gasteiger partial charge in [-0.2, -0.15) is 0 Å². The van der Waals surface area contributed by atoms with Crippen LogP contribution in [0.4, 0.5) is 0 Å². The Bertz CT molecular complexity index is 1240. The number of aromatic hydroxyl groups is 1. The van der Waals surface area contributed by atoms with Crippen LogP contribution >= 0.6 is 0 Å². The van der Waals surface area contributed by atoms with E-state index in [2.05, 4.69) is 10.3 Å². The van der Waals surface area contributed by atoms with E-state index in [1.807, 2.05) is 37.3 Å². The second-order valence-corrected chi connectivity index (χ2v) is 6.74. The summed E-state index contributed by atoms with van der Waals surface area (Å²) in [4.78, 5) is 17.9. The lowest BCUT2D eigenvalue weighted by Gasteiger charge is -2.19. The smallest absolute Gasteiger partial charge is 0.256 e. The van der Waals surface area contributed by atoms with Gasteiger partial charge >= 0.3 is 0 Å². The quantitative estimate of drug-likeness (QED) is 0.477. The van der Waals surface area contributed by atoms with Crippen molar-refractivity contribution in [3.8, 4) is 17.0 Å². The molecule has 4 rings (SSSR count). The number of benzene rings is 3. The van der Waals surface area contributed by atoms with Crippen molar-refractivity contribution in [2.45, 2.75) is 19.4 Å². The molecule has 0 bridgehead atoms. The van der Waals surface area contributed by atoms with Crippen molar-refractivity contribution in [3.63, 3.8) is 0 Å². The summed E-state index contributed by atoms with van der Waals surface area (Å²) in [6.45, 7) is 1.98. The summed E-state index contributed by atoms with van der Waals surface area (Å²) in [6.07, 6.45) is 0.679. The van der Waals surface area contributed by atoms with Crippen LogP contribution < -0.4 is 5.32 Å². The number of para-hydroxylation sites is 1. The fourth-order valence-electron chi connectivity index (χ4n) is 3.43. The number of pyridine rings is 1. The Hall–Kier alpha value is -3.66. The van der Waals surface area contributed by atoms with E-state index in [4.69, 9.17) is 2.74 Å². The van der Waals surface area contributed by atoms with E-state index in [0.29, 0.717) is 17.3 Å². The molecule has 0 fully saturated rings. The van der Waals surface area contributed by atoms with Gasteiger partial charge in [-0.25, -0.2) is 4.98 Å². The summed E-state index contributed by atoms with van der Waals surface area (Å²) < 4.78 is 16.4. The molecule has 3 aromatic carbocycles. The van der Waals surface area contributed by atoms with E-state index in [1.54, 1.807) is 30.3 Å². The van der Waals surface area contributed by atoms with Gasteiger partial charge in [-0.3, -0.25) is 4.79 Å². The highest BCUT2D eigenvalue weighted by Gasteiger charge is 2.23. The van der Waals surface area contributed by atoms with Gasteiger partial charge in [0.2, 0.25) is 0 Å². The number of hydrogen-bond donors (Lipinski definition) is 2. The zero-order valence-electron chi connectivity index (χ0n) is 18.0. The van der Waals surface area contributed by atoms with Gasteiger partial charge in [-0.05, 0) is 18.1 Å². The Labute approximate surface area is 172 Å². The summed E-state index contributed by atoms with van der Waals surface area (Å²) in [5, 5.41) is 14.7. The molecule has 0 aliphatic rings. The molecule has 0 aliphatic carbocycles. The minimum atomic E-state index is -0.429. The molecule has 1 atom stereocenters. The first-order valence-corrected chi connectivity index (χ1v) is 9.55. The average molecular weight is 386 g/mol. The Morgan fingerprint density at radius 3 is 2.41 bits per heavy atom. The van der Waals surface area contributed by atoms with Crippen molar-refractivity contribution in [2.75, 3.05) is 0 Å². The topological polar surface area (TPSA) is 62.2 Å². The van der Waals surface area contributed by atoms with E-state index in [0.717, 1.165) is 5.56 Å². The normalized spacial score (nSPS) is 12.9. The van der Waals surface area contributed by atoms with Crippen molar-refractivity contribution in [2.24, 2.45) is 0 Å². The second-order valence-electron chi connectivity index (χ2n) is 6.74. The molecule has 1 unspecified atom stereocenters. The third kappa shape index (κ3) is 3.69. The van der Waals surface area contributed by atoms with Crippen LogP contribution in [0.25, 0.3) is 22.2 Å².